The number of nitro groups is 1. The van der Waals surface area contributed by atoms with Gasteiger partial charge in [-0.1, -0.05) is 49.4 Å². The molecule has 0 spiro atoms. The van der Waals surface area contributed by atoms with E-state index in [1.54, 1.807) is 36.4 Å². The highest BCUT2D eigenvalue weighted by Crippen LogP contribution is 2.39. The van der Waals surface area contributed by atoms with Gasteiger partial charge in [0, 0.05) is 16.9 Å². The van der Waals surface area contributed by atoms with Gasteiger partial charge in [0.05, 0.1) is 0 Å². The van der Waals surface area contributed by atoms with Crippen molar-refractivity contribution < 1.29 is 19.6 Å². The zero-order valence-electron chi connectivity index (χ0n) is 12.1. The first-order valence-electron chi connectivity index (χ1n) is 6.99. The van der Waals surface area contributed by atoms with E-state index in [1.165, 1.54) is 6.08 Å². The monoisotopic (exact) mass is 303 g/mol. The van der Waals surface area contributed by atoms with Gasteiger partial charge < -0.3 is 9.84 Å². The Morgan fingerprint density at radius 3 is 2.59 bits per heavy atom. The van der Waals surface area contributed by atoms with E-state index in [0.717, 1.165) is 0 Å². The Bertz CT molecular complexity index is 623. The summed E-state index contributed by atoms with van der Waals surface area (Å²) in [6, 6.07) is 8.24. The van der Waals surface area contributed by atoms with Gasteiger partial charge in [-0.25, -0.2) is 4.79 Å². The number of nitrogens with zero attached hydrogens (tertiary/aromatic N) is 1. The number of hydrogen-bond donors (Lipinski definition) is 1. The molecule has 2 unspecified atom stereocenters. The number of hydrogen-bond acceptors (Lipinski definition) is 4. The van der Waals surface area contributed by atoms with E-state index in [0.29, 0.717) is 17.6 Å². The summed E-state index contributed by atoms with van der Waals surface area (Å²) in [5.41, 5.74) is 0.183. The Hall–Kier alpha value is -2.63. The molecule has 6 nitrogen and oxygen atoms in total. The maximum atomic E-state index is 11.2. The van der Waals surface area contributed by atoms with Crippen molar-refractivity contribution in [3.63, 3.8) is 0 Å². The van der Waals surface area contributed by atoms with Crippen LogP contribution >= 0.6 is 0 Å². The zero-order valence-corrected chi connectivity index (χ0v) is 12.1. The molecular weight excluding hydrogens is 286 g/mol. The van der Waals surface area contributed by atoms with Gasteiger partial charge in [0.2, 0.25) is 6.04 Å². The second-order valence-corrected chi connectivity index (χ2v) is 5.02. The molecule has 0 bridgehead atoms. The molecule has 1 aliphatic rings. The van der Waals surface area contributed by atoms with Crippen LogP contribution in [0.25, 0.3) is 0 Å². The van der Waals surface area contributed by atoms with E-state index in [2.05, 4.69) is 0 Å². The van der Waals surface area contributed by atoms with Crippen LogP contribution < -0.4 is 0 Å². The van der Waals surface area contributed by atoms with E-state index < -0.39 is 17.8 Å². The molecule has 0 amide bonds. The van der Waals surface area contributed by atoms with Crippen molar-refractivity contribution >= 4 is 6.16 Å². The minimum Gasteiger partial charge on any atom is -0.450 e. The summed E-state index contributed by atoms with van der Waals surface area (Å²) in [6.07, 6.45) is 3.99. The van der Waals surface area contributed by atoms with Crippen molar-refractivity contribution in [2.75, 3.05) is 0 Å². The summed E-state index contributed by atoms with van der Waals surface area (Å²) >= 11 is 0. The molecule has 1 aromatic rings. The fourth-order valence-corrected chi connectivity index (χ4v) is 2.69. The second kappa shape index (κ2) is 6.43. The van der Waals surface area contributed by atoms with Gasteiger partial charge in [0.25, 0.3) is 0 Å². The van der Waals surface area contributed by atoms with Crippen molar-refractivity contribution in [3.8, 4) is 0 Å². The standard InChI is InChI=1S/C16H17NO5/c1-2-16(22-15(18)19,12-6-4-3-5-7-12)13-8-10-14(11-9-13)17(20)21/h3-10,14H,2,11H2,1H3,(H,18,19). The maximum absolute atomic E-state index is 11.2. The van der Waals surface area contributed by atoms with Crippen molar-refractivity contribution in [3.05, 3.63) is 69.8 Å². The zero-order chi connectivity index (χ0) is 16.2. The average Bonchev–Trinajstić information content (AvgIpc) is 2.53. The number of ether oxygens (including phenoxy) is 1. The van der Waals surface area contributed by atoms with E-state index in [-0.39, 0.29) is 11.3 Å². The van der Waals surface area contributed by atoms with E-state index in [1.807, 2.05) is 13.0 Å². The predicted molar refractivity (Wildman–Crippen MR) is 80.1 cm³/mol. The van der Waals surface area contributed by atoms with Crippen LogP contribution in [0.15, 0.2) is 54.1 Å². The molecule has 116 valence electrons. The first-order valence-corrected chi connectivity index (χ1v) is 6.99. The van der Waals surface area contributed by atoms with Crippen LogP contribution in [0.3, 0.4) is 0 Å². The number of carbonyl (C=O) groups is 1. The van der Waals surface area contributed by atoms with Gasteiger partial charge in [-0.15, -0.1) is 0 Å². The molecule has 0 aliphatic heterocycles. The molecule has 2 rings (SSSR count). The summed E-state index contributed by atoms with van der Waals surface area (Å²) < 4.78 is 5.24. The Labute approximate surface area is 127 Å². The Morgan fingerprint density at radius 2 is 2.14 bits per heavy atom. The van der Waals surface area contributed by atoms with E-state index in [9.17, 15) is 14.9 Å². The van der Waals surface area contributed by atoms with E-state index >= 15 is 0 Å². The van der Waals surface area contributed by atoms with Crippen molar-refractivity contribution in [2.24, 2.45) is 0 Å². The number of carboxylic acid groups (broad SMARTS) is 1. The molecule has 1 aliphatic carbocycles. The number of benzene rings is 1. The highest BCUT2D eigenvalue weighted by Gasteiger charge is 2.39. The van der Waals surface area contributed by atoms with Gasteiger partial charge in [0.15, 0.2) is 5.60 Å². The predicted octanol–water partition coefficient (Wildman–Crippen LogP) is 3.52. The summed E-state index contributed by atoms with van der Waals surface area (Å²) in [4.78, 5) is 21.6. The SMILES string of the molecule is CCC(OC(=O)O)(C1=CCC([N+](=O)[O-])C=C1)c1ccccc1. The summed E-state index contributed by atoms with van der Waals surface area (Å²) in [7, 11) is 0. The largest absolute Gasteiger partial charge is 0.507 e. The fraction of sp³-hybridized carbons (Fsp3) is 0.312. The normalized spacial score (nSPS) is 19.9. The Morgan fingerprint density at radius 1 is 1.45 bits per heavy atom. The van der Waals surface area contributed by atoms with Gasteiger partial charge in [-0.05, 0) is 18.1 Å². The lowest BCUT2D eigenvalue weighted by molar-refractivity contribution is -0.508. The molecule has 0 saturated carbocycles. The van der Waals surface area contributed by atoms with Crippen LogP contribution in [0.1, 0.15) is 25.3 Å². The summed E-state index contributed by atoms with van der Waals surface area (Å²) in [6.45, 7) is 1.82. The number of rotatable bonds is 5. The fourth-order valence-electron chi connectivity index (χ4n) is 2.69. The lowest BCUT2D eigenvalue weighted by atomic mass is 9.80. The first kappa shape index (κ1) is 15.8. The maximum Gasteiger partial charge on any atom is 0.507 e. The van der Waals surface area contributed by atoms with Crippen LogP contribution in [0, 0.1) is 10.1 Å². The summed E-state index contributed by atoms with van der Waals surface area (Å²) in [5.74, 6) is 0. The molecule has 1 aromatic carbocycles. The van der Waals surface area contributed by atoms with Crippen molar-refractivity contribution in [1.82, 2.24) is 0 Å². The molecule has 0 aromatic heterocycles. The summed E-state index contributed by atoms with van der Waals surface area (Å²) in [5, 5.41) is 20.0. The molecular formula is C16H17NO5. The minimum absolute atomic E-state index is 0.219. The minimum atomic E-state index is -1.38. The highest BCUT2D eigenvalue weighted by atomic mass is 16.7. The Kier molecular flexibility index (Phi) is 4.60. The molecule has 2 atom stereocenters. The molecule has 0 fully saturated rings. The molecule has 6 heteroatoms. The van der Waals surface area contributed by atoms with E-state index in [4.69, 9.17) is 9.84 Å². The van der Waals surface area contributed by atoms with Crippen LogP contribution in [0.4, 0.5) is 4.79 Å². The molecule has 22 heavy (non-hydrogen) atoms. The smallest absolute Gasteiger partial charge is 0.450 e. The van der Waals surface area contributed by atoms with Crippen molar-refractivity contribution in [1.29, 1.82) is 0 Å². The van der Waals surface area contributed by atoms with Crippen molar-refractivity contribution in [2.45, 2.75) is 31.4 Å². The van der Waals surface area contributed by atoms with Crippen LogP contribution in [0.2, 0.25) is 0 Å². The first-order chi connectivity index (χ1) is 10.5. The third-order valence-electron chi connectivity index (χ3n) is 3.81. The van der Waals surface area contributed by atoms with Crippen LogP contribution in [0.5, 0.6) is 0 Å². The quantitative estimate of drug-likeness (QED) is 0.510. The topological polar surface area (TPSA) is 89.7 Å². The lowest BCUT2D eigenvalue weighted by Gasteiger charge is -2.34. The molecule has 1 N–H and O–H groups in total. The van der Waals surface area contributed by atoms with Crippen LogP contribution in [-0.4, -0.2) is 22.2 Å². The lowest BCUT2D eigenvalue weighted by Crippen LogP contribution is -2.34. The Balaban J connectivity index is 2.44. The van der Waals surface area contributed by atoms with Gasteiger partial charge in [-0.2, -0.15) is 0 Å². The molecule has 0 heterocycles. The van der Waals surface area contributed by atoms with Crippen LogP contribution in [-0.2, 0) is 10.3 Å². The second-order valence-electron chi connectivity index (χ2n) is 5.02. The molecule has 0 radical (unpaired) electrons. The third-order valence-corrected chi connectivity index (χ3v) is 3.81. The van der Waals surface area contributed by atoms with Gasteiger partial charge in [0.1, 0.15) is 0 Å². The third kappa shape index (κ3) is 3.00. The van der Waals surface area contributed by atoms with Gasteiger partial charge >= 0.3 is 6.16 Å². The van der Waals surface area contributed by atoms with Gasteiger partial charge in [-0.3, -0.25) is 10.1 Å². The highest BCUT2D eigenvalue weighted by molar-refractivity contribution is 5.60. The average molecular weight is 303 g/mol. The molecule has 0 saturated heterocycles.